The normalized spacial score (nSPS) is 10.9. The van der Waals surface area contributed by atoms with Gasteiger partial charge in [-0.25, -0.2) is 4.98 Å². The summed E-state index contributed by atoms with van der Waals surface area (Å²) in [4.78, 5) is 10.4. The molecule has 0 bridgehead atoms. The molecule has 2 aromatic heterocycles. The molecular weight excluding hydrogens is 557 g/mol. The molecule has 0 radical (unpaired) electrons. The fourth-order valence-corrected chi connectivity index (χ4v) is 4.45. The Morgan fingerprint density at radius 3 is 2.56 bits per heavy atom. The highest BCUT2D eigenvalue weighted by atomic mass is 35.5. The van der Waals surface area contributed by atoms with Crippen molar-refractivity contribution < 1.29 is 13.9 Å². The van der Waals surface area contributed by atoms with E-state index in [9.17, 15) is 0 Å². The van der Waals surface area contributed by atoms with Crippen LogP contribution in [0, 0.1) is 0 Å². The number of benzene rings is 3. The fourth-order valence-electron chi connectivity index (χ4n) is 4.26. The van der Waals surface area contributed by atoms with E-state index in [-0.39, 0.29) is 24.8 Å². The molecule has 3 aromatic carbocycles. The maximum Gasteiger partial charge on any atom is 0.174 e. The van der Waals surface area contributed by atoms with Crippen LogP contribution in [-0.4, -0.2) is 42.2 Å². The maximum atomic E-state index is 6.31. The molecule has 0 amide bonds. The third kappa shape index (κ3) is 8.01. The topological polar surface area (TPSA) is 63.5 Å². The minimum absolute atomic E-state index is 0. The number of imidazole rings is 1. The average molecular weight is 589 g/mol. The van der Waals surface area contributed by atoms with Gasteiger partial charge in [-0.3, -0.25) is 4.90 Å². The van der Waals surface area contributed by atoms with E-state index in [0.29, 0.717) is 36.2 Å². The molecule has 206 valence electrons. The Morgan fingerprint density at radius 2 is 1.77 bits per heavy atom. The molecule has 0 aliphatic carbocycles. The van der Waals surface area contributed by atoms with Crippen molar-refractivity contribution in [3.8, 4) is 17.3 Å². The minimum atomic E-state index is 0. The number of hydrogen-bond donors (Lipinski definition) is 1. The van der Waals surface area contributed by atoms with Gasteiger partial charge in [-0.2, -0.15) is 0 Å². The SMILES string of the molecule is COCCN(C)Cc1ccc2nc(-c3ccc(Cc4cc(Cl)ccc4OCc4ccccc4)o3)[nH]c2c1.Cl.Cl. The molecule has 2 heterocycles. The van der Waals surface area contributed by atoms with Crippen molar-refractivity contribution in [1.82, 2.24) is 14.9 Å². The number of methoxy groups -OCH3 is 1. The maximum absolute atomic E-state index is 6.31. The van der Waals surface area contributed by atoms with Crippen LogP contribution in [0.1, 0.15) is 22.5 Å². The van der Waals surface area contributed by atoms with Crippen molar-refractivity contribution >= 4 is 47.4 Å². The summed E-state index contributed by atoms with van der Waals surface area (Å²) < 4.78 is 17.5. The number of likely N-dealkylation sites (N-methyl/N-ethyl adjacent to an activating group) is 1. The number of H-pyrrole nitrogens is 1. The first-order valence-electron chi connectivity index (χ1n) is 12.3. The minimum Gasteiger partial charge on any atom is -0.489 e. The molecule has 6 nitrogen and oxygen atoms in total. The Hall–Kier alpha value is -3.00. The molecule has 0 unspecified atom stereocenters. The first-order valence-corrected chi connectivity index (χ1v) is 12.7. The van der Waals surface area contributed by atoms with Gasteiger partial charge >= 0.3 is 0 Å². The first kappa shape index (κ1) is 30.5. The van der Waals surface area contributed by atoms with E-state index in [4.69, 9.17) is 30.5 Å². The Balaban J connectivity index is 0.00000210. The van der Waals surface area contributed by atoms with Gasteiger partial charge in [0, 0.05) is 37.2 Å². The highest BCUT2D eigenvalue weighted by Gasteiger charge is 2.14. The number of hydrogen-bond acceptors (Lipinski definition) is 5. The van der Waals surface area contributed by atoms with Gasteiger partial charge in [0.2, 0.25) is 0 Å². The van der Waals surface area contributed by atoms with Crippen LogP contribution in [0.3, 0.4) is 0 Å². The van der Waals surface area contributed by atoms with E-state index in [1.165, 1.54) is 5.56 Å². The van der Waals surface area contributed by atoms with Crippen molar-refractivity contribution in [3.05, 3.63) is 106 Å². The second-order valence-electron chi connectivity index (χ2n) is 9.14. The molecular formula is C30H32Cl3N3O3. The summed E-state index contributed by atoms with van der Waals surface area (Å²) in [6.45, 7) is 2.92. The Kier molecular flexibility index (Phi) is 11.3. The average Bonchev–Trinajstić information content (AvgIpc) is 3.54. The number of furan rings is 1. The van der Waals surface area contributed by atoms with Gasteiger partial charge in [0.25, 0.3) is 0 Å². The first-order chi connectivity index (χ1) is 18.1. The van der Waals surface area contributed by atoms with Crippen molar-refractivity contribution in [2.45, 2.75) is 19.6 Å². The van der Waals surface area contributed by atoms with Crippen LogP contribution >= 0.6 is 36.4 Å². The molecule has 5 aromatic rings. The highest BCUT2D eigenvalue weighted by Crippen LogP contribution is 2.29. The third-order valence-corrected chi connectivity index (χ3v) is 6.43. The van der Waals surface area contributed by atoms with Crippen molar-refractivity contribution in [2.75, 3.05) is 27.3 Å². The number of nitrogens with zero attached hydrogens (tertiary/aromatic N) is 2. The van der Waals surface area contributed by atoms with Gasteiger partial charge in [0.1, 0.15) is 18.1 Å². The largest absolute Gasteiger partial charge is 0.489 e. The summed E-state index contributed by atoms with van der Waals surface area (Å²) in [6, 6.07) is 26.0. The van der Waals surface area contributed by atoms with Gasteiger partial charge in [0.15, 0.2) is 11.6 Å². The molecule has 0 fully saturated rings. The smallest absolute Gasteiger partial charge is 0.174 e. The van der Waals surface area contributed by atoms with Crippen LogP contribution in [-0.2, 0) is 24.3 Å². The second kappa shape index (κ2) is 14.4. The number of aromatic amines is 1. The quantitative estimate of drug-likeness (QED) is 0.172. The predicted molar refractivity (Wildman–Crippen MR) is 162 cm³/mol. The van der Waals surface area contributed by atoms with Gasteiger partial charge < -0.3 is 18.9 Å². The van der Waals surface area contributed by atoms with E-state index >= 15 is 0 Å². The summed E-state index contributed by atoms with van der Waals surface area (Å²) in [7, 11) is 3.81. The van der Waals surface area contributed by atoms with E-state index in [0.717, 1.165) is 46.8 Å². The van der Waals surface area contributed by atoms with Gasteiger partial charge in [-0.05, 0) is 60.6 Å². The molecule has 0 saturated carbocycles. The highest BCUT2D eigenvalue weighted by molar-refractivity contribution is 6.30. The van der Waals surface area contributed by atoms with Crippen LogP contribution in [0.2, 0.25) is 5.02 Å². The zero-order valence-electron chi connectivity index (χ0n) is 21.9. The summed E-state index contributed by atoms with van der Waals surface area (Å²) in [5.41, 5.74) is 5.18. The lowest BCUT2D eigenvalue weighted by Gasteiger charge is -2.15. The van der Waals surface area contributed by atoms with Crippen molar-refractivity contribution in [2.24, 2.45) is 0 Å². The molecule has 0 atom stereocenters. The van der Waals surface area contributed by atoms with Crippen LogP contribution < -0.4 is 4.74 Å². The zero-order valence-corrected chi connectivity index (χ0v) is 24.2. The number of ether oxygens (including phenoxy) is 2. The number of rotatable bonds is 11. The molecule has 1 N–H and O–H groups in total. The summed E-state index contributed by atoms with van der Waals surface area (Å²) >= 11 is 6.31. The van der Waals surface area contributed by atoms with E-state index in [1.54, 1.807) is 7.11 Å². The molecule has 0 aliphatic heterocycles. The number of aromatic nitrogens is 2. The fraction of sp³-hybridized carbons (Fsp3) is 0.233. The monoisotopic (exact) mass is 587 g/mol. The second-order valence-corrected chi connectivity index (χ2v) is 9.57. The van der Waals surface area contributed by atoms with Crippen LogP contribution in [0.25, 0.3) is 22.6 Å². The lowest BCUT2D eigenvalue weighted by molar-refractivity contribution is 0.158. The van der Waals surface area contributed by atoms with Gasteiger partial charge in [-0.15, -0.1) is 24.8 Å². The Morgan fingerprint density at radius 1 is 0.949 bits per heavy atom. The van der Waals surface area contributed by atoms with Crippen molar-refractivity contribution in [3.63, 3.8) is 0 Å². The summed E-state index contributed by atoms with van der Waals surface area (Å²) in [5, 5.41) is 0.662. The number of halogens is 3. The molecule has 0 saturated heterocycles. The predicted octanol–water partition coefficient (Wildman–Crippen LogP) is 7.57. The summed E-state index contributed by atoms with van der Waals surface area (Å²) in [6.07, 6.45) is 0.558. The number of nitrogens with one attached hydrogen (secondary N) is 1. The lowest BCUT2D eigenvalue weighted by Crippen LogP contribution is -2.22. The van der Waals surface area contributed by atoms with E-state index in [2.05, 4.69) is 29.1 Å². The molecule has 39 heavy (non-hydrogen) atoms. The zero-order chi connectivity index (χ0) is 25.6. The molecule has 0 aliphatic rings. The molecule has 0 spiro atoms. The molecule has 9 heteroatoms. The van der Waals surface area contributed by atoms with Crippen LogP contribution in [0.5, 0.6) is 5.75 Å². The van der Waals surface area contributed by atoms with Gasteiger partial charge in [-0.1, -0.05) is 48.0 Å². The Bertz CT molecular complexity index is 1470. The van der Waals surface area contributed by atoms with Crippen LogP contribution in [0.15, 0.2) is 83.3 Å². The van der Waals surface area contributed by atoms with Crippen molar-refractivity contribution in [1.29, 1.82) is 0 Å². The lowest BCUT2D eigenvalue weighted by atomic mass is 10.1. The van der Waals surface area contributed by atoms with E-state index < -0.39 is 0 Å². The third-order valence-electron chi connectivity index (χ3n) is 6.20. The summed E-state index contributed by atoms with van der Waals surface area (Å²) in [5.74, 6) is 3.00. The standard InChI is InChI=1S/C30H30ClN3O3.2ClH/c1-34(14-15-35-2)19-22-8-11-26-27(16-22)33-30(32-26)29-13-10-25(37-29)18-23-17-24(31)9-12-28(23)36-20-21-6-4-3-5-7-21;;/h3-13,16-17H,14-15,18-20H2,1-2H3,(H,32,33);2*1H. The van der Waals surface area contributed by atoms with Gasteiger partial charge in [0.05, 0.1) is 17.6 Å². The van der Waals surface area contributed by atoms with Crippen LogP contribution in [0.4, 0.5) is 0 Å². The number of fused-ring (bicyclic) bond motifs is 1. The van der Waals surface area contributed by atoms with E-state index in [1.807, 2.05) is 66.7 Å². The molecule has 5 rings (SSSR count). The Labute approximate surface area is 246 Å².